The monoisotopic (exact) mass is 764 g/mol. The molecule has 0 amide bonds. The highest BCUT2D eigenvalue weighted by Gasteiger charge is 2.20. The van der Waals surface area contributed by atoms with Gasteiger partial charge in [-0.05, 0) is 77.0 Å². The maximum absolute atomic E-state index is 12.6. The van der Waals surface area contributed by atoms with Crippen molar-refractivity contribution in [3.8, 4) is 0 Å². The Hall–Kier alpha value is -2.06. The van der Waals surface area contributed by atoms with Crippen LogP contribution in [0, 0.1) is 0 Å². The fraction of sp³-hybridized carbons (Fsp3) is 0.705. The maximum Gasteiger partial charge on any atom is 0.306 e. The van der Waals surface area contributed by atoms with Crippen LogP contribution in [0.4, 0.5) is 0 Å². The number of carbonyl (C=O) groups is 1. The van der Waals surface area contributed by atoms with E-state index >= 15 is 0 Å². The second-order valence-electron chi connectivity index (χ2n) is 14.6. The number of likely N-dealkylation sites (N-methyl/N-ethyl adjacent to an activating group) is 1. The zero-order chi connectivity index (χ0) is 39.1. The number of ether oxygens (including phenoxy) is 2. The van der Waals surface area contributed by atoms with Crippen molar-refractivity contribution in [2.75, 3.05) is 54.1 Å². The first-order chi connectivity index (χ1) is 25.6. The van der Waals surface area contributed by atoms with Crippen molar-refractivity contribution in [2.45, 2.75) is 148 Å². The molecule has 2 atom stereocenters. The van der Waals surface area contributed by atoms with Gasteiger partial charge in [-0.2, -0.15) is 0 Å². The molecular formula is C44H78NO7P. The number of esters is 1. The van der Waals surface area contributed by atoms with E-state index in [4.69, 9.17) is 18.5 Å². The van der Waals surface area contributed by atoms with Gasteiger partial charge in [0.1, 0.15) is 19.3 Å². The molecule has 2 unspecified atom stereocenters. The highest BCUT2D eigenvalue weighted by molar-refractivity contribution is 7.45. The molecule has 0 rings (SSSR count). The molecule has 0 saturated heterocycles. The third-order valence-corrected chi connectivity index (χ3v) is 9.22. The van der Waals surface area contributed by atoms with Crippen molar-refractivity contribution in [3.05, 3.63) is 72.9 Å². The Morgan fingerprint density at radius 3 is 1.55 bits per heavy atom. The van der Waals surface area contributed by atoms with Crippen LogP contribution in [0.1, 0.15) is 142 Å². The summed E-state index contributed by atoms with van der Waals surface area (Å²) in [4.78, 5) is 25.0. The molecule has 0 aromatic rings. The SMILES string of the molecule is CC/C=C\C/C=C\C/C=C\CCCCCCCCCCOCC(COP(=O)([O-])OCC[N+](C)(C)C)OC(=O)CCCCC/C=C\C/C=C\C/C=C\CC. The Morgan fingerprint density at radius 1 is 0.585 bits per heavy atom. The number of phosphoric acid groups is 1. The summed E-state index contributed by atoms with van der Waals surface area (Å²) in [6, 6.07) is 0. The van der Waals surface area contributed by atoms with Crippen molar-refractivity contribution in [2.24, 2.45) is 0 Å². The number of hydrogen-bond donors (Lipinski definition) is 0. The summed E-state index contributed by atoms with van der Waals surface area (Å²) < 4.78 is 34.5. The van der Waals surface area contributed by atoms with Gasteiger partial charge in [-0.1, -0.05) is 132 Å². The molecule has 0 fully saturated rings. The minimum Gasteiger partial charge on any atom is -0.756 e. The van der Waals surface area contributed by atoms with Crippen molar-refractivity contribution >= 4 is 13.8 Å². The lowest BCUT2D eigenvalue weighted by Gasteiger charge is -2.28. The Balaban J connectivity index is 4.31. The molecule has 0 spiro atoms. The van der Waals surface area contributed by atoms with E-state index in [2.05, 4.69) is 86.8 Å². The van der Waals surface area contributed by atoms with Crippen LogP contribution >= 0.6 is 7.82 Å². The lowest BCUT2D eigenvalue weighted by Crippen LogP contribution is -2.37. The molecule has 0 heterocycles. The Kier molecular flexibility index (Phi) is 35.5. The van der Waals surface area contributed by atoms with Crippen LogP contribution < -0.4 is 4.89 Å². The number of unbranched alkanes of at least 4 members (excludes halogenated alkanes) is 11. The van der Waals surface area contributed by atoms with E-state index in [0.29, 0.717) is 24.1 Å². The maximum atomic E-state index is 12.6. The van der Waals surface area contributed by atoms with Gasteiger partial charge in [0.15, 0.2) is 0 Å². The number of phosphoric ester groups is 1. The number of carbonyl (C=O) groups excluding carboxylic acids is 1. The van der Waals surface area contributed by atoms with Crippen LogP contribution in [-0.4, -0.2) is 70.7 Å². The van der Waals surface area contributed by atoms with Gasteiger partial charge in [0, 0.05) is 13.0 Å². The summed E-state index contributed by atoms with van der Waals surface area (Å²) in [5, 5.41) is 0. The molecular weight excluding hydrogens is 685 g/mol. The second-order valence-corrected chi connectivity index (χ2v) is 16.0. The third kappa shape index (κ3) is 41.0. The molecule has 306 valence electrons. The van der Waals surface area contributed by atoms with Crippen LogP contribution in [-0.2, 0) is 27.9 Å². The summed E-state index contributed by atoms with van der Waals surface area (Å²) in [6.45, 7) is 5.10. The van der Waals surface area contributed by atoms with Crippen LogP contribution in [0.2, 0.25) is 0 Å². The van der Waals surface area contributed by atoms with Crippen molar-refractivity contribution < 1.29 is 37.3 Å². The average Bonchev–Trinajstić information content (AvgIpc) is 3.11. The first-order valence-corrected chi connectivity index (χ1v) is 22.1. The number of allylic oxidation sites excluding steroid dienone is 12. The van der Waals surface area contributed by atoms with Gasteiger partial charge in [-0.15, -0.1) is 0 Å². The first kappa shape index (κ1) is 50.9. The summed E-state index contributed by atoms with van der Waals surface area (Å²) in [6.07, 6.45) is 46.3. The number of nitrogens with zero attached hydrogens (tertiary/aromatic N) is 1. The molecule has 0 aromatic heterocycles. The molecule has 0 saturated carbocycles. The number of hydrogen-bond acceptors (Lipinski definition) is 7. The first-order valence-electron chi connectivity index (χ1n) is 20.7. The Morgan fingerprint density at radius 2 is 1.04 bits per heavy atom. The lowest BCUT2D eigenvalue weighted by molar-refractivity contribution is -0.870. The minimum atomic E-state index is -4.54. The topological polar surface area (TPSA) is 94.1 Å². The van der Waals surface area contributed by atoms with E-state index in [0.717, 1.165) is 77.0 Å². The Bertz CT molecular complexity index is 1070. The quantitative estimate of drug-likeness (QED) is 0.0204. The van der Waals surface area contributed by atoms with Gasteiger partial charge < -0.3 is 27.9 Å². The molecule has 0 aliphatic rings. The largest absolute Gasteiger partial charge is 0.756 e. The smallest absolute Gasteiger partial charge is 0.306 e. The molecule has 9 heteroatoms. The summed E-state index contributed by atoms with van der Waals surface area (Å²) in [5.74, 6) is -0.370. The molecule has 0 aliphatic carbocycles. The third-order valence-electron chi connectivity index (χ3n) is 8.25. The van der Waals surface area contributed by atoms with E-state index in [1.54, 1.807) is 0 Å². The molecule has 0 aromatic carbocycles. The average molecular weight is 764 g/mol. The predicted molar refractivity (Wildman–Crippen MR) is 222 cm³/mol. The van der Waals surface area contributed by atoms with E-state index in [9.17, 15) is 14.3 Å². The second kappa shape index (κ2) is 36.9. The molecule has 8 nitrogen and oxygen atoms in total. The van der Waals surface area contributed by atoms with Crippen LogP contribution in [0.5, 0.6) is 0 Å². The van der Waals surface area contributed by atoms with Gasteiger partial charge in [0.25, 0.3) is 7.82 Å². The molecule has 0 N–H and O–H groups in total. The summed E-state index contributed by atoms with van der Waals surface area (Å²) in [7, 11) is 1.32. The van der Waals surface area contributed by atoms with Crippen LogP contribution in [0.3, 0.4) is 0 Å². The zero-order valence-electron chi connectivity index (χ0n) is 34.4. The van der Waals surface area contributed by atoms with Gasteiger partial charge >= 0.3 is 5.97 Å². The van der Waals surface area contributed by atoms with Gasteiger partial charge in [-0.25, -0.2) is 0 Å². The van der Waals surface area contributed by atoms with Gasteiger partial charge in [0.05, 0.1) is 34.4 Å². The van der Waals surface area contributed by atoms with Crippen LogP contribution in [0.25, 0.3) is 0 Å². The molecule has 0 aliphatic heterocycles. The summed E-state index contributed by atoms with van der Waals surface area (Å²) in [5.41, 5.74) is 0. The highest BCUT2D eigenvalue weighted by Crippen LogP contribution is 2.38. The molecule has 53 heavy (non-hydrogen) atoms. The fourth-order valence-corrected chi connectivity index (χ4v) is 5.83. The van der Waals surface area contributed by atoms with E-state index < -0.39 is 13.9 Å². The van der Waals surface area contributed by atoms with Crippen molar-refractivity contribution in [3.63, 3.8) is 0 Å². The van der Waals surface area contributed by atoms with E-state index in [1.165, 1.54) is 38.5 Å². The van der Waals surface area contributed by atoms with Crippen molar-refractivity contribution in [1.29, 1.82) is 0 Å². The standard InChI is InChI=1S/C44H78NO7P/c1-6-8-10-12-14-16-18-20-21-22-23-24-26-28-30-32-34-36-39-49-41-43(42-51-53(47,48)50-40-38-45(3,4)5)52-44(46)37-35-33-31-29-27-25-19-17-15-13-11-9-7-2/h8-11,14-17,20-21,25,27,43H,6-7,12-13,18-19,22-24,26,28-42H2,1-5H3/b10-8-,11-9-,16-14-,17-15-,21-20-,27-25-. The number of rotatable bonds is 37. The fourth-order valence-electron chi connectivity index (χ4n) is 5.10. The number of quaternary nitrogens is 1. The lowest BCUT2D eigenvalue weighted by atomic mass is 10.1. The Labute approximate surface area is 325 Å². The normalized spacial score (nSPS) is 14.6. The zero-order valence-corrected chi connectivity index (χ0v) is 35.3. The molecule has 0 radical (unpaired) electrons. The highest BCUT2D eigenvalue weighted by atomic mass is 31.2. The molecule has 0 bridgehead atoms. The van der Waals surface area contributed by atoms with Gasteiger partial charge in [0.2, 0.25) is 0 Å². The van der Waals surface area contributed by atoms with Crippen molar-refractivity contribution in [1.82, 2.24) is 0 Å². The summed E-state index contributed by atoms with van der Waals surface area (Å²) >= 11 is 0. The van der Waals surface area contributed by atoms with E-state index in [-0.39, 0.29) is 32.2 Å². The van der Waals surface area contributed by atoms with Gasteiger partial charge in [-0.3, -0.25) is 9.36 Å². The van der Waals surface area contributed by atoms with Crippen LogP contribution in [0.15, 0.2) is 72.9 Å². The minimum absolute atomic E-state index is 0.0148. The van der Waals surface area contributed by atoms with E-state index in [1.807, 2.05) is 21.1 Å². The predicted octanol–water partition coefficient (Wildman–Crippen LogP) is 11.3.